The molecule has 2 aliphatic rings. The molecule has 0 N–H and O–H groups in total. The van der Waals surface area contributed by atoms with Gasteiger partial charge in [-0.3, -0.25) is 4.98 Å². The molecule has 1 aromatic carbocycles. The second-order valence-electron chi connectivity index (χ2n) is 5.16. The quantitative estimate of drug-likeness (QED) is 0.852. The van der Waals surface area contributed by atoms with Crippen molar-refractivity contribution in [2.75, 3.05) is 18.2 Å². The minimum absolute atomic E-state index is 0.271. The van der Waals surface area contributed by atoms with Crippen LogP contribution in [0.5, 0.6) is 11.5 Å². The minimum Gasteiger partial charge on any atom is -0.454 e. The van der Waals surface area contributed by atoms with Gasteiger partial charge in [-0.15, -0.1) is 0 Å². The molecule has 1 aromatic heterocycles. The third kappa shape index (κ3) is 2.27. The predicted octanol–water partition coefficient (Wildman–Crippen LogP) is 3.20. The van der Waals surface area contributed by atoms with E-state index in [1.807, 2.05) is 6.07 Å². The Labute approximate surface area is 127 Å². The van der Waals surface area contributed by atoms with Gasteiger partial charge in [-0.2, -0.15) is 0 Å². The van der Waals surface area contributed by atoms with Crippen LogP contribution >= 0.6 is 11.6 Å². The Hall–Kier alpha value is -2.01. The van der Waals surface area contributed by atoms with Crippen LogP contribution in [0.2, 0.25) is 5.15 Å². The molecule has 0 spiro atoms. The molecule has 0 amide bonds. The Bertz CT molecular complexity index is 680. The summed E-state index contributed by atoms with van der Waals surface area (Å²) in [6, 6.07) is 6.39. The van der Waals surface area contributed by atoms with Crippen molar-refractivity contribution in [2.24, 2.45) is 0 Å². The molecule has 5 nitrogen and oxygen atoms in total. The first kappa shape index (κ1) is 12.7. The summed E-state index contributed by atoms with van der Waals surface area (Å²) in [7, 11) is 0. The summed E-state index contributed by atoms with van der Waals surface area (Å²) in [6.45, 7) is 1.25. The molecule has 2 aliphatic heterocycles. The second kappa shape index (κ2) is 5.07. The van der Waals surface area contributed by atoms with Crippen LogP contribution in [0.3, 0.4) is 0 Å². The summed E-state index contributed by atoms with van der Waals surface area (Å²) < 4.78 is 10.8. The molecule has 2 aromatic rings. The van der Waals surface area contributed by atoms with Crippen molar-refractivity contribution in [3.63, 3.8) is 0 Å². The van der Waals surface area contributed by atoms with Gasteiger partial charge in [-0.05, 0) is 30.5 Å². The fourth-order valence-corrected chi connectivity index (χ4v) is 3.12. The minimum atomic E-state index is 0.271. The lowest BCUT2D eigenvalue weighted by molar-refractivity contribution is 0.174. The average Bonchev–Trinajstić information content (AvgIpc) is 3.15. The largest absolute Gasteiger partial charge is 0.454 e. The van der Waals surface area contributed by atoms with Gasteiger partial charge in [-0.1, -0.05) is 17.7 Å². The average molecular weight is 304 g/mol. The van der Waals surface area contributed by atoms with Crippen molar-refractivity contribution in [3.8, 4) is 11.5 Å². The lowest BCUT2D eigenvalue weighted by Crippen LogP contribution is -2.23. The summed E-state index contributed by atoms with van der Waals surface area (Å²) in [5, 5.41) is 0.420. The predicted molar refractivity (Wildman–Crippen MR) is 78.9 cm³/mol. The number of aromatic nitrogens is 2. The third-order valence-corrected chi connectivity index (χ3v) is 4.10. The third-order valence-electron chi connectivity index (χ3n) is 3.92. The molecule has 1 fully saturated rings. The molecule has 1 atom stereocenters. The van der Waals surface area contributed by atoms with Gasteiger partial charge in [0, 0.05) is 6.54 Å². The SMILES string of the molecule is Clc1cncc(N2CCC[C@H]2c2ccc3c(c2)OCO3)n1. The molecule has 0 radical (unpaired) electrons. The standard InChI is InChI=1S/C15H14ClN3O2/c16-14-7-17-8-15(18-14)19-5-1-2-11(19)10-3-4-12-13(6-10)21-9-20-12/h3-4,6-8,11H,1-2,5,9H2/t11-/m0/s1. The van der Waals surface area contributed by atoms with E-state index in [1.54, 1.807) is 12.4 Å². The number of ether oxygens (including phenoxy) is 2. The van der Waals surface area contributed by atoms with E-state index in [-0.39, 0.29) is 6.04 Å². The van der Waals surface area contributed by atoms with E-state index in [1.165, 1.54) is 5.56 Å². The summed E-state index contributed by atoms with van der Waals surface area (Å²) >= 11 is 5.96. The van der Waals surface area contributed by atoms with Crippen LogP contribution in [0.15, 0.2) is 30.6 Å². The van der Waals surface area contributed by atoms with E-state index in [0.717, 1.165) is 36.7 Å². The van der Waals surface area contributed by atoms with E-state index in [9.17, 15) is 0 Å². The highest BCUT2D eigenvalue weighted by atomic mass is 35.5. The van der Waals surface area contributed by atoms with Crippen molar-refractivity contribution < 1.29 is 9.47 Å². The number of anilines is 1. The molecule has 108 valence electrons. The van der Waals surface area contributed by atoms with Gasteiger partial charge in [0.1, 0.15) is 11.0 Å². The molecule has 3 heterocycles. The summed E-state index contributed by atoms with van der Waals surface area (Å²) in [5.74, 6) is 2.45. The number of benzene rings is 1. The molecule has 0 aliphatic carbocycles. The molecule has 21 heavy (non-hydrogen) atoms. The Morgan fingerprint density at radius 3 is 3.00 bits per heavy atom. The zero-order chi connectivity index (χ0) is 14.2. The summed E-state index contributed by atoms with van der Waals surface area (Å²) in [6.07, 6.45) is 5.51. The lowest BCUT2D eigenvalue weighted by atomic mass is 10.0. The smallest absolute Gasteiger partial charge is 0.231 e. The molecule has 4 rings (SSSR count). The first-order valence-electron chi connectivity index (χ1n) is 6.95. The highest BCUT2D eigenvalue weighted by Crippen LogP contribution is 2.40. The lowest BCUT2D eigenvalue weighted by Gasteiger charge is -2.26. The Balaban J connectivity index is 1.67. The fraction of sp³-hybridized carbons (Fsp3) is 0.333. The Morgan fingerprint density at radius 1 is 1.19 bits per heavy atom. The maximum Gasteiger partial charge on any atom is 0.231 e. The number of nitrogens with zero attached hydrogens (tertiary/aromatic N) is 3. The first-order chi connectivity index (χ1) is 10.3. The normalized spacial score (nSPS) is 20.0. The highest BCUT2D eigenvalue weighted by Gasteiger charge is 2.28. The Morgan fingerprint density at radius 2 is 2.10 bits per heavy atom. The summed E-state index contributed by atoms with van der Waals surface area (Å²) in [5.41, 5.74) is 1.21. The first-order valence-corrected chi connectivity index (χ1v) is 7.33. The van der Waals surface area contributed by atoms with Gasteiger partial charge in [0.15, 0.2) is 11.5 Å². The van der Waals surface area contributed by atoms with Crippen molar-refractivity contribution in [1.82, 2.24) is 9.97 Å². The van der Waals surface area contributed by atoms with Crippen molar-refractivity contribution >= 4 is 17.4 Å². The highest BCUT2D eigenvalue weighted by molar-refractivity contribution is 6.29. The van der Waals surface area contributed by atoms with Gasteiger partial charge >= 0.3 is 0 Å². The van der Waals surface area contributed by atoms with E-state index < -0.39 is 0 Å². The summed E-state index contributed by atoms with van der Waals surface area (Å²) in [4.78, 5) is 10.8. The number of halogens is 1. The van der Waals surface area contributed by atoms with E-state index in [0.29, 0.717) is 11.9 Å². The maximum atomic E-state index is 5.96. The maximum absolute atomic E-state index is 5.96. The molecule has 6 heteroatoms. The van der Waals surface area contributed by atoms with Crippen molar-refractivity contribution in [2.45, 2.75) is 18.9 Å². The van der Waals surface area contributed by atoms with Gasteiger partial charge in [0.05, 0.1) is 18.4 Å². The fourth-order valence-electron chi connectivity index (χ4n) is 2.98. The molecular formula is C15H14ClN3O2. The van der Waals surface area contributed by atoms with Gasteiger partial charge in [0.2, 0.25) is 6.79 Å². The van der Waals surface area contributed by atoms with Crippen molar-refractivity contribution in [3.05, 3.63) is 41.3 Å². The number of hydrogen-bond acceptors (Lipinski definition) is 5. The van der Waals surface area contributed by atoms with Gasteiger partial charge in [-0.25, -0.2) is 4.98 Å². The topological polar surface area (TPSA) is 47.5 Å². The molecule has 1 saturated heterocycles. The van der Waals surface area contributed by atoms with Crippen LogP contribution in [-0.4, -0.2) is 23.3 Å². The second-order valence-corrected chi connectivity index (χ2v) is 5.55. The van der Waals surface area contributed by atoms with Crippen LogP contribution in [0.25, 0.3) is 0 Å². The van der Waals surface area contributed by atoms with Crippen LogP contribution in [-0.2, 0) is 0 Å². The molecular weight excluding hydrogens is 290 g/mol. The Kier molecular flexibility index (Phi) is 3.07. The van der Waals surface area contributed by atoms with Crippen LogP contribution in [0.4, 0.5) is 5.82 Å². The van der Waals surface area contributed by atoms with Gasteiger partial charge < -0.3 is 14.4 Å². The zero-order valence-corrected chi connectivity index (χ0v) is 12.1. The van der Waals surface area contributed by atoms with Crippen molar-refractivity contribution in [1.29, 1.82) is 0 Å². The van der Waals surface area contributed by atoms with E-state index in [2.05, 4.69) is 27.0 Å². The van der Waals surface area contributed by atoms with Crippen LogP contribution < -0.4 is 14.4 Å². The monoisotopic (exact) mass is 303 g/mol. The van der Waals surface area contributed by atoms with Crippen LogP contribution in [0, 0.1) is 0 Å². The number of hydrogen-bond donors (Lipinski definition) is 0. The zero-order valence-electron chi connectivity index (χ0n) is 11.3. The molecule has 0 bridgehead atoms. The number of fused-ring (bicyclic) bond motifs is 1. The van der Waals surface area contributed by atoms with Gasteiger partial charge in [0.25, 0.3) is 0 Å². The van der Waals surface area contributed by atoms with Crippen LogP contribution in [0.1, 0.15) is 24.4 Å². The molecule has 0 unspecified atom stereocenters. The number of rotatable bonds is 2. The molecule has 0 saturated carbocycles. The van der Waals surface area contributed by atoms with E-state index in [4.69, 9.17) is 21.1 Å². The van der Waals surface area contributed by atoms with E-state index >= 15 is 0 Å².